The van der Waals surface area contributed by atoms with Crippen molar-refractivity contribution >= 4 is 21.4 Å². The Hall–Kier alpha value is -1.56. The van der Waals surface area contributed by atoms with E-state index in [4.69, 9.17) is 5.73 Å². The number of carbonyl (C=O) groups excluding carboxylic acids is 1. The average Bonchev–Trinajstić information content (AvgIpc) is 2.46. The molecule has 0 bridgehead atoms. The van der Waals surface area contributed by atoms with E-state index in [2.05, 4.69) is 0 Å². The Morgan fingerprint density at radius 3 is 2.86 bits per heavy atom. The topological polar surface area (TPSA) is 80.5 Å². The summed E-state index contributed by atoms with van der Waals surface area (Å²) in [6, 6.07) is 5.76. The third-order valence-electron chi connectivity index (χ3n) is 4.48. The number of sulfone groups is 1. The zero-order valence-electron chi connectivity index (χ0n) is 11.9. The third-order valence-corrected chi connectivity index (χ3v) is 6.64. The van der Waals surface area contributed by atoms with Crippen LogP contribution in [0, 0.1) is 0 Å². The molecule has 1 atom stereocenters. The van der Waals surface area contributed by atoms with Crippen molar-refractivity contribution in [3.63, 3.8) is 0 Å². The fourth-order valence-corrected chi connectivity index (χ4v) is 5.10. The summed E-state index contributed by atoms with van der Waals surface area (Å²) in [6.45, 7) is 0.994. The Labute approximate surface area is 125 Å². The lowest BCUT2D eigenvalue weighted by atomic mass is 9.97. The van der Waals surface area contributed by atoms with Crippen LogP contribution in [-0.2, 0) is 27.6 Å². The average molecular weight is 308 g/mol. The highest BCUT2D eigenvalue weighted by Gasteiger charge is 2.38. The van der Waals surface area contributed by atoms with Gasteiger partial charge in [-0.25, -0.2) is 8.42 Å². The second-order valence-corrected chi connectivity index (χ2v) is 8.15. The Balaban J connectivity index is 1.83. The molecule has 114 valence electrons. The lowest BCUT2D eigenvalue weighted by Gasteiger charge is -2.33. The van der Waals surface area contributed by atoms with Crippen molar-refractivity contribution in [2.45, 2.75) is 37.5 Å². The van der Waals surface area contributed by atoms with Crippen LogP contribution >= 0.6 is 0 Å². The largest absolute Gasteiger partial charge is 0.398 e. The summed E-state index contributed by atoms with van der Waals surface area (Å²) in [5.41, 5.74) is 8.78. The van der Waals surface area contributed by atoms with Gasteiger partial charge in [0.1, 0.15) is 5.25 Å². The molecule has 1 aromatic carbocycles. The molecule has 21 heavy (non-hydrogen) atoms. The van der Waals surface area contributed by atoms with E-state index in [0.29, 0.717) is 31.6 Å². The van der Waals surface area contributed by atoms with E-state index in [0.717, 1.165) is 24.0 Å². The van der Waals surface area contributed by atoms with Crippen LogP contribution in [0.25, 0.3) is 0 Å². The van der Waals surface area contributed by atoms with Gasteiger partial charge in [-0.2, -0.15) is 0 Å². The Morgan fingerprint density at radius 1 is 1.29 bits per heavy atom. The van der Waals surface area contributed by atoms with Gasteiger partial charge in [-0.15, -0.1) is 0 Å². The number of benzene rings is 1. The van der Waals surface area contributed by atoms with E-state index in [1.807, 2.05) is 18.2 Å². The summed E-state index contributed by atoms with van der Waals surface area (Å²) in [7, 11) is -3.28. The maximum Gasteiger partial charge on any atom is 0.241 e. The van der Waals surface area contributed by atoms with E-state index < -0.39 is 15.1 Å². The summed E-state index contributed by atoms with van der Waals surface area (Å²) in [5, 5.41) is -0.849. The molecule has 5 nitrogen and oxygen atoms in total. The van der Waals surface area contributed by atoms with Crippen LogP contribution in [0.4, 0.5) is 5.69 Å². The number of nitrogens with zero attached hydrogens (tertiary/aromatic N) is 1. The first-order valence-corrected chi connectivity index (χ1v) is 9.07. The van der Waals surface area contributed by atoms with Gasteiger partial charge in [0.05, 0.1) is 5.75 Å². The Bertz CT molecular complexity index is 669. The smallest absolute Gasteiger partial charge is 0.241 e. The van der Waals surface area contributed by atoms with E-state index >= 15 is 0 Å². The maximum atomic E-state index is 12.6. The summed E-state index contributed by atoms with van der Waals surface area (Å²) in [5.74, 6) is -0.112. The molecule has 2 aliphatic heterocycles. The van der Waals surface area contributed by atoms with Crippen LogP contribution in [0.2, 0.25) is 0 Å². The molecule has 1 unspecified atom stereocenters. The molecule has 2 N–H and O–H groups in total. The molecule has 0 radical (unpaired) electrons. The summed E-state index contributed by atoms with van der Waals surface area (Å²) >= 11 is 0. The number of fused-ring (bicyclic) bond motifs is 1. The second kappa shape index (κ2) is 5.33. The van der Waals surface area contributed by atoms with Gasteiger partial charge in [-0.05, 0) is 36.5 Å². The number of hydrogen-bond acceptors (Lipinski definition) is 4. The molecule has 1 aromatic rings. The van der Waals surface area contributed by atoms with E-state index in [1.165, 1.54) is 0 Å². The summed E-state index contributed by atoms with van der Waals surface area (Å²) < 4.78 is 24.2. The van der Waals surface area contributed by atoms with Crippen LogP contribution < -0.4 is 5.73 Å². The van der Waals surface area contributed by atoms with Crippen LogP contribution in [0.5, 0.6) is 0 Å². The van der Waals surface area contributed by atoms with Crippen LogP contribution in [0.15, 0.2) is 18.2 Å². The third kappa shape index (κ3) is 2.64. The lowest BCUT2D eigenvalue weighted by Crippen LogP contribution is -2.47. The molecule has 1 fully saturated rings. The van der Waals surface area contributed by atoms with E-state index in [9.17, 15) is 13.2 Å². The van der Waals surface area contributed by atoms with Gasteiger partial charge in [0.2, 0.25) is 5.91 Å². The molecule has 1 amide bonds. The SMILES string of the molecule is Nc1cccc2c1CN(C(=O)C1CCCCS1(=O)=O)CC2. The predicted molar refractivity (Wildman–Crippen MR) is 81.4 cm³/mol. The molecular weight excluding hydrogens is 288 g/mol. The van der Waals surface area contributed by atoms with Crippen molar-refractivity contribution in [2.75, 3.05) is 18.0 Å². The minimum atomic E-state index is -3.28. The molecule has 0 aromatic heterocycles. The van der Waals surface area contributed by atoms with E-state index in [1.54, 1.807) is 4.90 Å². The molecule has 3 rings (SSSR count). The van der Waals surface area contributed by atoms with Gasteiger partial charge >= 0.3 is 0 Å². The van der Waals surface area contributed by atoms with Gasteiger partial charge in [0, 0.05) is 18.8 Å². The molecular formula is C15H20N2O3S. The van der Waals surface area contributed by atoms with Gasteiger partial charge in [-0.1, -0.05) is 18.6 Å². The van der Waals surface area contributed by atoms with Crippen molar-refractivity contribution in [2.24, 2.45) is 0 Å². The van der Waals surface area contributed by atoms with E-state index in [-0.39, 0.29) is 11.7 Å². The number of amides is 1. The van der Waals surface area contributed by atoms with Gasteiger partial charge in [0.25, 0.3) is 0 Å². The second-order valence-electron chi connectivity index (χ2n) is 5.85. The molecule has 6 heteroatoms. The highest BCUT2D eigenvalue weighted by atomic mass is 32.2. The van der Waals surface area contributed by atoms with Crippen LogP contribution in [0.1, 0.15) is 30.4 Å². The first kappa shape index (κ1) is 14.4. The van der Waals surface area contributed by atoms with Crippen molar-refractivity contribution in [3.05, 3.63) is 29.3 Å². The number of anilines is 1. The highest BCUT2D eigenvalue weighted by Crippen LogP contribution is 2.27. The van der Waals surface area contributed by atoms with Crippen LogP contribution in [-0.4, -0.2) is 36.8 Å². The molecule has 0 saturated carbocycles. The van der Waals surface area contributed by atoms with Crippen molar-refractivity contribution in [1.29, 1.82) is 0 Å². The van der Waals surface area contributed by atoms with Gasteiger partial charge in [-0.3, -0.25) is 4.79 Å². The number of nitrogens with two attached hydrogens (primary N) is 1. The fourth-order valence-electron chi connectivity index (χ4n) is 3.23. The first-order valence-electron chi connectivity index (χ1n) is 7.35. The zero-order chi connectivity index (χ0) is 15.0. The van der Waals surface area contributed by atoms with Gasteiger partial charge < -0.3 is 10.6 Å². The zero-order valence-corrected chi connectivity index (χ0v) is 12.7. The molecule has 0 spiro atoms. The minimum Gasteiger partial charge on any atom is -0.398 e. The van der Waals surface area contributed by atoms with Crippen LogP contribution in [0.3, 0.4) is 0 Å². The highest BCUT2D eigenvalue weighted by molar-refractivity contribution is 7.92. The Morgan fingerprint density at radius 2 is 2.10 bits per heavy atom. The number of carbonyl (C=O) groups is 1. The molecule has 2 heterocycles. The lowest BCUT2D eigenvalue weighted by molar-refractivity contribution is -0.131. The summed E-state index contributed by atoms with van der Waals surface area (Å²) in [4.78, 5) is 14.3. The quantitative estimate of drug-likeness (QED) is 0.788. The molecule has 0 aliphatic carbocycles. The standard InChI is InChI=1S/C15H20N2O3S/c16-13-5-3-4-11-7-8-17(10-12(11)13)15(18)14-6-1-2-9-21(14,19)20/h3-5,14H,1-2,6-10,16H2. The van der Waals surface area contributed by atoms with Gasteiger partial charge in [0.15, 0.2) is 9.84 Å². The monoisotopic (exact) mass is 308 g/mol. The van der Waals surface area contributed by atoms with Crippen molar-refractivity contribution < 1.29 is 13.2 Å². The predicted octanol–water partition coefficient (Wildman–Crippen LogP) is 1.12. The molecule has 1 saturated heterocycles. The van der Waals surface area contributed by atoms with Crippen molar-refractivity contribution in [3.8, 4) is 0 Å². The maximum absolute atomic E-state index is 12.6. The first-order chi connectivity index (χ1) is 9.99. The summed E-state index contributed by atoms with van der Waals surface area (Å²) in [6.07, 6.45) is 2.66. The minimum absolute atomic E-state index is 0.135. The Kier molecular flexibility index (Phi) is 3.65. The molecule has 2 aliphatic rings. The van der Waals surface area contributed by atoms with Crippen molar-refractivity contribution in [1.82, 2.24) is 4.90 Å². The number of hydrogen-bond donors (Lipinski definition) is 1. The fraction of sp³-hybridized carbons (Fsp3) is 0.533. The number of rotatable bonds is 1. The normalized spacial score (nSPS) is 24.4. The number of nitrogen functional groups attached to an aromatic ring is 1.